The predicted molar refractivity (Wildman–Crippen MR) is 81.6 cm³/mol. The average Bonchev–Trinajstić information content (AvgIpc) is 2.81. The molecule has 2 saturated heterocycles. The van der Waals surface area contributed by atoms with Crippen molar-refractivity contribution in [2.75, 3.05) is 39.3 Å². The average molecular weight is 296 g/mol. The zero-order valence-corrected chi connectivity index (χ0v) is 13.4. The SMILES string of the molecule is CC[C@H](C(N)=O)N1C[C@@H](C)[C@H](N2CCN(C(C)=O)CC2)C1. The maximum atomic E-state index is 11.5. The van der Waals surface area contributed by atoms with Gasteiger partial charge in [0, 0.05) is 52.2 Å². The van der Waals surface area contributed by atoms with Gasteiger partial charge in [-0.15, -0.1) is 0 Å². The Balaban J connectivity index is 1.93. The molecule has 2 heterocycles. The Morgan fingerprint density at radius 2 is 1.81 bits per heavy atom. The van der Waals surface area contributed by atoms with Gasteiger partial charge in [0.1, 0.15) is 0 Å². The molecule has 0 spiro atoms. The van der Waals surface area contributed by atoms with Crippen molar-refractivity contribution in [2.45, 2.75) is 39.3 Å². The zero-order chi connectivity index (χ0) is 15.6. The molecule has 0 radical (unpaired) electrons. The summed E-state index contributed by atoms with van der Waals surface area (Å²) in [6, 6.07) is 0.323. The number of hydrogen-bond donors (Lipinski definition) is 1. The van der Waals surface area contributed by atoms with Crippen LogP contribution in [0, 0.1) is 5.92 Å². The molecule has 6 nitrogen and oxygen atoms in total. The molecule has 0 saturated carbocycles. The standard InChI is InChI=1S/C15H28N4O2/c1-4-13(15(16)21)19-9-11(2)14(10-19)18-7-5-17(6-8-18)12(3)20/h11,13-14H,4-10H2,1-3H3,(H2,16,21)/t11-,13-,14-/m1/s1. The Kier molecular flexibility index (Phi) is 5.22. The Morgan fingerprint density at radius 1 is 1.19 bits per heavy atom. The van der Waals surface area contributed by atoms with Crippen molar-refractivity contribution in [1.82, 2.24) is 14.7 Å². The second-order valence-corrected chi connectivity index (χ2v) is 6.37. The lowest BCUT2D eigenvalue weighted by atomic mass is 10.0. The summed E-state index contributed by atoms with van der Waals surface area (Å²) in [6.45, 7) is 11.2. The quantitative estimate of drug-likeness (QED) is 0.776. The molecule has 120 valence electrons. The molecule has 21 heavy (non-hydrogen) atoms. The van der Waals surface area contributed by atoms with Gasteiger partial charge in [0.25, 0.3) is 0 Å². The maximum absolute atomic E-state index is 11.5. The number of rotatable bonds is 4. The lowest BCUT2D eigenvalue weighted by Gasteiger charge is -2.39. The topological polar surface area (TPSA) is 69.9 Å². The van der Waals surface area contributed by atoms with E-state index in [1.165, 1.54) is 0 Å². The summed E-state index contributed by atoms with van der Waals surface area (Å²) in [7, 11) is 0. The van der Waals surface area contributed by atoms with E-state index in [0.717, 1.165) is 45.7 Å². The smallest absolute Gasteiger partial charge is 0.234 e. The predicted octanol–water partition coefficient (Wildman–Crippen LogP) is -0.265. The van der Waals surface area contributed by atoms with Crippen molar-refractivity contribution in [3.63, 3.8) is 0 Å². The van der Waals surface area contributed by atoms with Crippen LogP contribution in [-0.4, -0.2) is 77.9 Å². The van der Waals surface area contributed by atoms with Crippen molar-refractivity contribution in [2.24, 2.45) is 11.7 Å². The summed E-state index contributed by atoms with van der Waals surface area (Å²) in [6.07, 6.45) is 0.771. The number of primary amides is 1. The third-order valence-corrected chi connectivity index (χ3v) is 4.99. The van der Waals surface area contributed by atoms with E-state index in [-0.39, 0.29) is 17.9 Å². The van der Waals surface area contributed by atoms with Crippen molar-refractivity contribution < 1.29 is 9.59 Å². The first-order chi connectivity index (χ1) is 9.93. The highest BCUT2D eigenvalue weighted by Gasteiger charge is 2.38. The van der Waals surface area contributed by atoms with E-state index in [4.69, 9.17) is 5.73 Å². The van der Waals surface area contributed by atoms with Crippen LogP contribution in [0.1, 0.15) is 27.2 Å². The van der Waals surface area contributed by atoms with Gasteiger partial charge in [0.05, 0.1) is 6.04 Å². The summed E-state index contributed by atoms with van der Waals surface area (Å²) in [4.78, 5) is 29.6. The second kappa shape index (κ2) is 6.75. The number of likely N-dealkylation sites (tertiary alicyclic amines) is 1. The van der Waals surface area contributed by atoms with Gasteiger partial charge in [-0.05, 0) is 12.3 Å². The van der Waals surface area contributed by atoms with Crippen molar-refractivity contribution in [1.29, 1.82) is 0 Å². The third-order valence-electron chi connectivity index (χ3n) is 4.99. The van der Waals surface area contributed by atoms with E-state index < -0.39 is 0 Å². The molecule has 2 aliphatic heterocycles. The third kappa shape index (κ3) is 3.55. The van der Waals surface area contributed by atoms with E-state index in [2.05, 4.69) is 16.7 Å². The minimum Gasteiger partial charge on any atom is -0.368 e. The Bertz CT molecular complexity index is 393. The molecule has 0 aromatic carbocycles. The number of nitrogens with two attached hydrogens (primary N) is 1. The van der Waals surface area contributed by atoms with Crippen LogP contribution in [0.25, 0.3) is 0 Å². The molecule has 2 rings (SSSR count). The summed E-state index contributed by atoms with van der Waals surface area (Å²) in [5.74, 6) is 0.476. The van der Waals surface area contributed by atoms with Gasteiger partial charge in [-0.2, -0.15) is 0 Å². The molecule has 2 N–H and O–H groups in total. The Morgan fingerprint density at radius 3 is 2.29 bits per heavy atom. The molecular weight excluding hydrogens is 268 g/mol. The van der Waals surface area contributed by atoms with Gasteiger partial charge >= 0.3 is 0 Å². The molecule has 0 aromatic rings. The number of piperazine rings is 1. The molecule has 0 unspecified atom stereocenters. The minimum atomic E-state index is -0.216. The van der Waals surface area contributed by atoms with Gasteiger partial charge in [-0.25, -0.2) is 0 Å². The van der Waals surface area contributed by atoms with Crippen LogP contribution >= 0.6 is 0 Å². The van der Waals surface area contributed by atoms with Gasteiger partial charge in [0.2, 0.25) is 11.8 Å². The van der Waals surface area contributed by atoms with Crippen LogP contribution < -0.4 is 5.73 Å². The minimum absolute atomic E-state index is 0.143. The van der Waals surface area contributed by atoms with E-state index in [1.54, 1.807) is 6.92 Å². The van der Waals surface area contributed by atoms with Crippen molar-refractivity contribution in [3.8, 4) is 0 Å². The highest BCUT2D eigenvalue weighted by Crippen LogP contribution is 2.25. The molecule has 2 fully saturated rings. The lowest BCUT2D eigenvalue weighted by Crippen LogP contribution is -2.53. The number of carbonyl (C=O) groups excluding carboxylic acids is 2. The first kappa shape index (κ1) is 16.2. The van der Waals surface area contributed by atoms with E-state index >= 15 is 0 Å². The van der Waals surface area contributed by atoms with Crippen LogP contribution in [0.15, 0.2) is 0 Å². The fraction of sp³-hybridized carbons (Fsp3) is 0.867. The van der Waals surface area contributed by atoms with E-state index in [1.807, 2.05) is 11.8 Å². The molecule has 0 aliphatic carbocycles. The van der Waals surface area contributed by atoms with Crippen LogP contribution in [0.5, 0.6) is 0 Å². The monoisotopic (exact) mass is 296 g/mol. The summed E-state index contributed by atoms with van der Waals surface area (Å²) < 4.78 is 0. The number of amides is 2. The zero-order valence-electron chi connectivity index (χ0n) is 13.4. The molecule has 3 atom stereocenters. The summed E-state index contributed by atoms with van der Waals surface area (Å²) in [5, 5.41) is 0. The molecule has 6 heteroatoms. The molecule has 0 bridgehead atoms. The highest BCUT2D eigenvalue weighted by molar-refractivity contribution is 5.79. The molecular formula is C15H28N4O2. The fourth-order valence-corrected chi connectivity index (χ4v) is 3.72. The maximum Gasteiger partial charge on any atom is 0.234 e. The summed E-state index contributed by atoms with van der Waals surface area (Å²) in [5.41, 5.74) is 5.51. The fourth-order valence-electron chi connectivity index (χ4n) is 3.72. The molecule has 2 amide bonds. The Hall–Kier alpha value is -1.14. The van der Waals surface area contributed by atoms with E-state index in [9.17, 15) is 9.59 Å². The van der Waals surface area contributed by atoms with E-state index in [0.29, 0.717) is 12.0 Å². The van der Waals surface area contributed by atoms with Crippen LogP contribution in [0.2, 0.25) is 0 Å². The lowest BCUT2D eigenvalue weighted by molar-refractivity contribution is -0.131. The van der Waals surface area contributed by atoms with Gasteiger partial charge < -0.3 is 10.6 Å². The van der Waals surface area contributed by atoms with Crippen LogP contribution in [0.4, 0.5) is 0 Å². The van der Waals surface area contributed by atoms with Crippen LogP contribution in [0.3, 0.4) is 0 Å². The first-order valence-electron chi connectivity index (χ1n) is 7.97. The van der Waals surface area contributed by atoms with Gasteiger partial charge in [-0.1, -0.05) is 13.8 Å². The first-order valence-corrected chi connectivity index (χ1v) is 7.97. The highest BCUT2D eigenvalue weighted by atomic mass is 16.2. The number of nitrogens with zero attached hydrogens (tertiary/aromatic N) is 3. The normalized spacial score (nSPS) is 29.6. The summed E-state index contributed by atoms with van der Waals surface area (Å²) >= 11 is 0. The van der Waals surface area contributed by atoms with Gasteiger partial charge in [-0.3, -0.25) is 19.4 Å². The van der Waals surface area contributed by atoms with Crippen LogP contribution in [-0.2, 0) is 9.59 Å². The Labute approximate surface area is 127 Å². The number of hydrogen-bond acceptors (Lipinski definition) is 4. The second-order valence-electron chi connectivity index (χ2n) is 6.37. The van der Waals surface area contributed by atoms with Gasteiger partial charge in [0.15, 0.2) is 0 Å². The molecule has 0 aromatic heterocycles. The largest absolute Gasteiger partial charge is 0.368 e. The molecule has 2 aliphatic rings. The van der Waals surface area contributed by atoms with Crippen molar-refractivity contribution in [3.05, 3.63) is 0 Å². The number of carbonyl (C=O) groups is 2. The van der Waals surface area contributed by atoms with Crippen molar-refractivity contribution >= 4 is 11.8 Å².